The van der Waals surface area contributed by atoms with Crippen molar-refractivity contribution >= 4 is 23.8 Å². The molecule has 4 fully saturated rings. The minimum atomic E-state index is -0.668. The van der Waals surface area contributed by atoms with E-state index < -0.39 is 6.16 Å². The minimum absolute atomic E-state index is 0.0528. The molecule has 48 heavy (non-hydrogen) atoms. The number of para-hydroxylation sites is 1. The van der Waals surface area contributed by atoms with Crippen molar-refractivity contribution in [1.29, 1.82) is 0 Å². The number of rotatable bonds is 11. The van der Waals surface area contributed by atoms with Gasteiger partial charge in [-0.05, 0) is 129 Å². The van der Waals surface area contributed by atoms with Crippen molar-refractivity contribution in [1.82, 2.24) is 5.32 Å². The van der Waals surface area contributed by atoms with E-state index >= 15 is 0 Å². The molecule has 0 saturated heterocycles. The van der Waals surface area contributed by atoms with Crippen LogP contribution < -0.4 is 10.6 Å². The number of methoxy groups -OCH3 is 1. The second kappa shape index (κ2) is 15.4. The van der Waals surface area contributed by atoms with E-state index in [1.807, 2.05) is 30.3 Å². The van der Waals surface area contributed by atoms with Crippen LogP contribution >= 0.6 is 0 Å². The highest BCUT2D eigenvalue weighted by atomic mass is 16.7. The Bertz CT molecular complexity index is 1260. The lowest BCUT2D eigenvalue weighted by Gasteiger charge is -2.62. The van der Waals surface area contributed by atoms with E-state index in [9.17, 15) is 19.5 Å². The summed E-state index contributed by atoms with van der Waals surface area (Å²) in [6, 6.07) is 8.58. The molecular weight excluding hydrogens is 608 g/mol. The number of aliphatic hydroxyl groups is 1. The summed E-state index contributed by atoms with van der Waals surface area (Å²) < 4.78 is 16.4. The van der Waals surface area contributed by atoms with Gasteiger partial charge in [0.1, 0.15) is 12.7 Å². The molecule has 4 aliphatic carbocycles. The standard InChI is InChI=1S/C39H60N2O7/c1-24(2)20-28(41-36(44)40-27-10-8-7-9-11-27)23-47-37(45)48-29-18-19-38(4)26(21-29)13-14-30-32-16-15-31(25(3)12-17-35(43)46-6)39(32,5)34(42)22-33(30)38/h7-11,24-26,28-34,42H,12-23H2,1-6H3,(H2,40,41,44)/t25-,26-,28+,29-,30+,31-,32+,33+,34+,38+,39-/m1/s1. The third-order valence-corrected chi connectivity index (χ3v) is 13.3. The number of esters is 1. The lowest BCUT2D eigenvalue weighted by Crippen LogP contribution is -2.59. The molecule has 0 bridgehead atoms. The molecule has 0 unspecified atom stereocenters. The Morgan fingerprint density at radius 3 is 2.44 bits per heavy atom. The Hall–Kier alpha value is -2.81. The molecule has 268 valence electrons. The first-order chi connectivity index (χ1) is 22.8. The fraction of sp³-hybridized carbons (Fsp3) is 0.769. The van der Waals surface area contributed by atoms with Crippen molar-refractivity contribution < 1.29 is 33.7 Å². The van der Waals surface area contributed by atoms with Crippen molar-refractivity contribution in [3.63, 3.8) is 0 Å². The summed E-state index contributed by atoms with van der Waals surface area (Å²) in [5.74, 6) is 2.94. The maximum absolute atomic E-state index is 12.9. The van der Waals surface area contributed by atoms with Crippen LogP contribution in [-0.4, -0.2) is 55.2 Å². The third kappa shape index (κ3) is 7.81. The van der Waals surface area contributed by atoms with Gasteiger partial charge >= 0.3 is 18.2 Å². The van der Waals surface area contributed by atoms with Gasteiger partial charge in [0.2, 0.25) is 0 Å². The number of fused-ring (bicyclic) bond motifs is 5. The minimum Gasteiger partial charge on any atom is -0.469 e. The van der Waals surface area contributed by atoms with Crippen LogP contribution in [0.15, 0.2) is 30.3 Å². The molecule has 9 nitrogen and oxygen atoms in total. The van der Waals surface area contributed by atoms with Gasteiger partial charge in [-0.2, -0.15) is 0 Å². The number of hydrogen-bond donors (Lipinski definition) is 3. The molecule has 4 aliphatic rings. The molecule has 0 spiro atoms. The molecule has 5 rings (SSSR count). The molecule has 11 atom stereocenters. The number of benzene rings is 1. The number of amides is 2. The molecule has 3 N–H and O–H groups in total. The van der Waals surface area contributed by atoms with Crippen LogP contribution in [0.25, 0.3) is 0 Å². The van der Waals surface area contributed by atoms with Crippen LogP contribution in [0.5, 0.6) is 0 Å². The average molecular weight is 669 g/mol. The number of carbonyl (C=O) groups excluding carboxylic acids is 3. The van der Waals surface area contributed by atoms with Crippen LogP contribution in [0, 0.1) is 52.3 Å². The second-order valence-corrected chi connectivity index (χ2v) is 16.4. The van der Waals surface area contributed by atoms with Crippen LogP contribution in [0.3, 0.4) is 0 Å². The van der Waals surface area contributed by atoms with Gasteiger partial charge in [0.05, 0.1) is 19.3 Å². The van der Waals surface area contributed by atoms with Crippen molar-refractivity contribution in [3.8, 4) is 0 Å². The normalized spacial score (nSPS) is 35.3. The molecule has 1 aromatic carbocycles. The zero-order valence-corrected chi connectivity index (χ0v) is 30.0. The summed E-state index contributed by atoms with van der Waals surface area (Å²) in [6.45, 7) is 11.2. The molecule has 0 aromatic heterocycles. The molecule has 0 heterocycles. The predicted molar refractivity (Wildman–Crippen MR) is 185 cm³/mol. The number of anilines is 1. The van der Waals surface area contributed by atoms with Crippen molar-refractivity contribution in [2.75, 3.05) is 19.0 Å². The van der Waals surface area contributed by atoms with E-state index in [4.69, 9.17) is 14.2 Å². The number of carbonyl (C=O) groups is 3. The Morgan fingerprint density at radius 1 is 0.979 bits per heavy atom. The van der Waals surface area contributed by atoms with E-state index in [1.54, 1.807) is 0 Å². The summed E-state index contributed by atoms with van der Waals surface area (Å²) in [5, 5.41) is 17.7. The number of ether oxygens (including phenoxy) is 3. The summed E-state index contributed by atoms with van der Waals surface area (Å²) in [7, 11) is 1.45. The van der Waals surface area contributed by atoms with Crippen LogP contribution in [0.4, 0.5) is 15.3 Å². The van der Waals surface area contributed by atoms with E-state index in [0.29, 0.717) is 60.0 Å². The smallest absolute Gasteiger partial charge is 0.469 e. The molecule has 4 saturated carbocycles. The van der Waals surface area contributed by atoms with Gasteiger partial charge in [0.15, 0.2) is 0 Å². The van der Waals surface area contributed by atoms with Crippen LogP contribution in [0.2, 0.25) is 0 Å². The van der Waals surface area contributed by atoms with Gasteiger partial charge in [-0.15, -0.1) is 0 Å². The maximum Gasteiger partial charge on any atom is 0.508 e. The highest BCUT2D eigenvalue weighted by molar-refractivity contribution is 5.89. The fourth-order valence-corrected chi connectivity index (χ4v) is 10.8. The number of hydrogen-bond acceptors (Lipinski definition) is 7. The first kappa shape index (κ1) is 36.5. The highest BCUT2D eigenvalue weighted by Crippen LogP contribution is 2.68. The van der Waals surface area contributed by atoms with Gasteiger partial charge in [-0.3, -0.25) is 4.79 Å². The number of aliphatic hydroxyl groups excluding tert-OH is 1. The molecule has 1 aromatic rings. The Labute approximate surface area is 287 Å². The van der Waals surface area contributed by atoms with Gasteiger partial charge in [-0.1, -0.05) is 52.8 Å². The third-order valence-electron chi connectivity index (χ3n) is 13.3. The largest absolute Gasteiger partial charge is 0.508 e. The van der Waals surface area contributed by atoms with Crippen molar-refractivity contribution in [2.45, 2.75) is 123 Å². The number of nitrogens with one attached hydrogen (secondary N) is 2. The first-order valence-corrected chi connectivity index (χ1v) is 18.6. The Morgan fingerprint density at radius 2 is 1.73 bits per heavy atom. The van der Waals surface area contributed by atoms with E-state index in [-0.39, 0.29) is 47.7 Å². The Kier molecular flexibility index (Phi) is 11.7. The topological polar surface area (TPSA) is 123 Å². The first-order valence-electron chi connectivity index (χ1n) is 18.6. The van der Waals surface area contributed by atoms with Gasteiger partial charge in [0.25, 0.3) is 0 Å². The molecule has 2 amide bonds. The quantitative estimate of drug-likeness (QED) is 0.205. The van der Waals surface area contributed by atoms with E-state index in [2.05, 4.69) is 45.3 Å². The summed E-state index contributed by atoms with van der Waals surface area (Å²) in [4.78, 5) is 37.4. The molecule has 9 heteroatoms. The maximum atomic E-state index is 12.9. The zero-order chi connectivity index (χ0) is 34.6. The predicted octanol–water partition coefficient (Wildman–Crippen LogP) is 7.96. The SMILES string of the molecule is COC(=O)CC[C@@H](C)[C@H]1CC[C@H]2[C@@H]3CC[C@@H]4C[C@H](OC(=O)OC[C@H](CC(C)C)NC(=O)Nc5ccccc5)CC[C@]4(C)[C@H]3C[C@H](O)[C@]12C. The van der Waals surface area contributed by atoms with Crippen molar-refractivity contribution in [3.05, 3.63) is 30.3 Å². The summed E-state index contributed by atoms with van der Waals surface area (Å²) in [5.41, 5.74) is 0.694. The lowest BCUT2D eigenvalue weighted by atomic mass is 9.43. The zero-order valence-electron chi connectivity index (χ0n) is 30.0. The molecule has 0 radical (unpaired) electrons. The van der Waals surface area contributed by atoms with Gasteiger partial charge < -0.3 is 30.0 Å². The number of urea groups is 1. The van der Waals surface area contributed by atoms with Gasteiger partial charge in [0, 0.05) is 12.1 Å². The van der Waals surface area contributed by atoms with E-state index in [0.717, 1.165) is 57.8 Å². The second-order valence-electron chi connectivity index (χ2n) is 16.4. The molecule has 0 aliphatic heterocycles. The van der Waals surface area contributed by atoms with E-state index in [1.165, 1.54) is 7.11 Å². The van der Waals surface area contributed by atoms with Gasteiger partial charge in [-0.25, -0.2) is 9.59 Å². The highest BCUT2D eigenvalue weighted by Gasteiger charge is 2.63. The van der Waals surface area contributed by atoms with Crippen molar-refractivity contribution in [2.24, 2.45) is 52.3 Å². The summed E-state index contributed by atoms with van der Waals surface area (Å²) >= 11 is 0. The van der Waals surface area contributed by atoms with Crippen LogP contribution in [-0.2, 0) is 19.0 Å². The molecular formula is C39H60N2O7. The summed E-state index contributed by atoms with van der Waals surface area (Å²) in [6.07, 6.45) is 8.69. The fourth-order valence-electron chi connectivity index (χ4n) is 10.8. The average Bonchev–Trinajstić information content (AvgIpc) is 3.42. The monoisotopic (exact) mass is 668 g/mol. The Balaban J connectivity index is 1.14. The van der Waals surface area contributed by atoms with Crippen LogP contribution in [0.1, 0.15) is 105 Å². The lowest BCUT2D eigenvalue weighted by molar-refractivity contribution is -0.176.